The number of nitrogens with zero attached hydrogens (tertiary/aromatic N) is 1. The van der Waals surface area contributed by atoms with Gasteiger partial charge in [0.1, 0.15) is 17.2 Å². The highest BCUT2D eigenvalue weighted by atomic mass is 32.2. The summed E-state index contributed by atoms with van der Waals surface area (Å²) in [5.41, 5.74) is -3.65. The van der Waals surface area contributed by atoms with E-state index in [9.17, 15) is 43.9 Å². The number of hydrogen-bond donors (Lipinski definition) is 2. The van der Waals surface area contributed by atoms with Gasteiger partial charge in [-0.05, 0) is 36.4 Å². The fourth-order valence-electron chi connectivity index (χ4n) is 1.81. The number of benzene rings is 1. The second-order valence-corrected chi connectivity index (χ2v) is 6.82. The highest BCUT2D eigenvalue weighted by molar-refractivity contribution is 7.89. The lowest BCUT2D eigenvalue weighted by Gasteiger charge is -2.13. The van der Waals surface area contributed by atoms with Crippen LogP contribution in [-0.4, -0.2) is 19.3 Å². The molecule has 0 saturated carbocycles. The Hall–Kier alpha value is -2.74. The molecule has 1 aromatic heterocycles. The van der Waals surface area contributed by atoms with Gasteiger partial charge in [0, 0.05) is 5.56 Å². The van der Waals surface area contributed by atoms with E-state index in [0.29, 0.717) is 0 Å². The van der Waals surface area contributed by atoms with Crippen molar-refractivity contribution in [2.24, 2.45) is 0 Å². The number of carbonyl (C=O) groups excluding carboxylic acids is 1. The van der Waals surface area contributed by atoms with Crippen LogP contribution in [0.3, 0.4) is 0 Å². The number of carbonyl (C=O) groups is 1. The van der Waals surface area contributed by atoms with Crippen LogP contribution in [0.1, 0.15) is 21.7 Å². The molecule has 2 rings (SSSR count). The monoisotopic (exact) mass is 431 g/mol. The number of hydrazine groups is 1. The summed E-state index contributed by atoms with van der Waals surface area (Å²) in [5, 5.41) is 0. The Morgan fingerprint density at radius 2 is 1.36 bits per heavy atom. The van der Waals surface area contributed by atoms with E-state index in [1.807, 2.05) is 0 Å². The second-order valence-electron chi connectivity index (χ2n) is 5.14. The van der Waals surface area contributed by atoms with E-state index < -0.39 is 55.9 Å². The topological polar surface area (TPSA) is 88.2 Å². The van der Waals surface area contributed by atoms with Gasteiger partial charge in [-0.15, -0.1) is 4.83 Å². The lowest BCUT2D eigenvalue weighted by atomic mass is 10.1. The van der Waals surface area contributed by atoms with Crippen molar-refractivity contribution in [3.63, 3.8) is 0 Å². The van der Waals surface area contributed by atoms with Crippen LogP contribution in [0.25, 0.3) is 0 Å². The Bertz CT molecular complexity index is 954. The first-order valence-electron chi connectivity index (χ1n) is 6.94. The zero-order valence-corrected chi connectivity index (χ0v) is 14.0. The third-order valence-corrected chi connectivity index (χ3v) is 4.35. The molecule has 0 aliphatic heterocycles. The molecule has 2 N–H and O–H groups in total. The van der Waals surface area contributed by atoms with Crippen molar-refractivity contribution in [1.29, 1.82) is 0 Å². The Morgan fingerprint density at radius 1 is 0.893 bits per heavy atom. The molecular weight excluding hydrogens is 423 g/mol. The van der Waals surface area contributed by atoms with Gasteiger partial charge in [0.05, 0.1) is 4.90 Å². The van der Waals surface area contributed by atoms with Gasteiger partial charge in [0.25, 0.3) is 15.9 Å². The van der Waals surface area contributed by atoms with Gasteiger partial charge in [-0.3, -0.25) is 10.2 Å². The van der Waals surface area contributed by atoms with Crippen molar-refractivity contribution in [1.82, 2.24) is 15.2 Å². The molecule has 0 bridgehead atoms. The predicted molar refractivity (Wildman–Crippen MR) is 78.4 cm³/mol. The van der Waals surface area contributed by atoms with Crippen molar-refractivity contribution in [3.8, 4) is 0 Å². The van der Waals surface area contributed by atoms with E-state index in [-0.39, 0.29) is 12.1 Å². The summed E-state index contributed by atoms with van der Waals surface area (Å²) in [5.74, 6) is -2.37. The van der Waals surface area contributed by atoms with E-state index >= 15 is 0 Å². The minimum absolute atomic E-state index is 0.0246. The number of nitrogens with one attached hydrogen (secondary N) is 2. The standard InChI is InChI=1S/C14H8F7N3O3S/c15-8-1-3-9(4-2-8)28(26,27)24-23-12(25)7-5-10(13(16,17)18)22-11(6-7)14(19,20)21/h1-6,24H,(H,23,25). The molecule has 1 amide bonds. The Kier molecular flexibility index (Phi) is 5.66. The van der Waals surface area contributed by atoms with Crippen molar-refractivity contribution >= 4 is 15.9 Å². The SMILES string of the molecule is O=C(NNS(=O)(=O)c1ccc(F)cc1)c1cc(C(F)(F)F)nc(C(F)(F)F)c1. The minimum Gasteiger partial charge on any atom is -0.273 e. The van der Waals surface area contributed by atoms with E-state index in [2.05, 4.69) is 4.98 Å². The Labute approximate surface area is 152 Å². The molecule has 0 unspecified atom stereocenters. The van der Waals surface area contributed by atoms with Crippen LogP contribution in [0.2, 0.25) is 0 Å². The molecule has 0 aliphatic rings. The van der Waals surface area contributed by atoms with Gasteiger partial charge in [-0.1, -0.05) is 0 Å². The first-order chi connectivity index (χ1) is 12.7. The Morgan fingerprint density at radius 3 is 1.79 bits per heavy atom. The first kappa shape index (κ1) is 21.6. The lowest BCUT2D eigenvalue weighted by molar-refractivity contribution is -0.150. The maximum absolute atomic E-state index is 12.8. The third kappa shape index (κ3) is 5.16. The quantitative estimate of drug-likeness (QED) is 0.576. The van der Waals surface area contributed by atoms with Crippen LogP contribution in [0.5, 0.6) is 0 Å². The maximum Gasteiger partial charge on any atom is 0.433 e. The van der Waals surface area contributed by atoms with E-state index in [4.69, 9.17) is 0 Å². The number of rotatable bonds is 4. The highest BCUT2D eigenvalue weighted by Crippen LogP contribution is 2.33. The molecular formula is C14H8F7N3O3S. The van der Waals surface area contributed by atoms with E-state index in [0.717, 1.165) is 24.3 Å². The van der Waals surface area contributed by atoms with Crippen LogP contribution in [0, 0.1) is 5.82 Å². The normalized spacial score (nSPS) is 12.7. The first-order valence-corrected chi connectivity index (χ1v) is 8.43. The number of alkyl halides is 6. The molecule has 0 spiro atoms. The average Bonchev–Trinajstić information content (AvgIpc) is 2.58. The average molecular weight is 431 g/mol. The molecule has 1 heterocycles. The maximum atomic E-state index is 12.8. The fourth-order valence-corrected chi connectivity index (χ4v) is 2.65. The van der Waals surface area contributed by atoms with Crippen LogP contribution in [0.15, 0.2) is 41.3 Å². The van der Waals surface area contributed by atoms with Crippen molar-refractivity contribution < 1.29 is 43.9 Å². The molecule has 28 heavy (non-hydrogen) atoms. The Balaban J connectivity index is 2.29. The summed E-state index contributed by atoms with van der Waals surface area (Å²) in [6.45, 7) is 0. The molecule has 152 valence electrons. The van der Waals surface area contributed by atoms with Crippen molar-refractivity contribution in [2.45, 2.75) is 17.2 Å². The van der Waals surface area contributed by atoms with Gasteiger partial charge in [-0.2, -0.15) is 26.3 Å². The summed E-state index contributed by atoms with van der Waals surface area (Å²) in [4.78, 5) is 15.3. The number of halogens is 7. The number of aromatic nitrogens is 1. The largest absolute Gasteiger partial charge is 0.433 e. The van der Waals surface area contributed by atoms with Crippen molar-refractivity contribution in [2.75, 3.05) is 0 Å². The molecule has 0 radical (unpaired) electrons. The molecule has 1 aromatic carbocycles. The van der Waals surface area contributed by atoms with Gasteiger partial charge < -0.3 is 0 Å². The molecule has 6 nitrogen and oxygen atoms in total. The summed E-state index contributed by atoms with van der Waals surface area (Å²) in [6, 6.07) is 3.25. The van der Waals surface area contributed by atoms with Crippen LogP contribution < -0.4 is 10.3 Å². The van der Waals surface area contributed by atoms with Crippen LogP contribution in [-0.2, 0) is 22.4 Å². The van der Waals surface area contributed by atoms with Crippen molar-refractivity contribution in [3.05, 3.63) is 59.2 Å². The second kappa shape index (κ2) is 7.35. The van der Waals surface area contributed by atoms with Gasteiger partial charge in [0.15, 0.2) is 0 Å². The van der Waals surface area contributed by atoms with Gasteiger partial charge in [0.2, 0.25) is 0 Å². The number of sulfonamides is 1. The number of amides is 1. The van der Waals surface area contributed by atoms with E-state index in [1.54, 1.807) is 0 Å². The molecule has 0 atom stereocenters. The lowest BCUT2D eigenvalue weighted by Crippen LogP contribution is -2.41. The summed E-state index contributed by atoms with van der Waals surface area (Å²) in [7, 11) is -4.47. The minimum atomic E-state index is -5.29. The molecule has 2 aromatic rings. The predicted octanol–water partition coefficient (Wildman–Crippen LogP) is 2.88. The van der Waals surface area contributed by atoms with E-state index in [1.165, 1.54) is 10.3 Å². The van der Waals surface area contributed by atoms with Gasteiger partial charge >= 0.3 is 12.4 Å². The fraction of sp³-hybridized carbons (Fsp3) is 0.143. The zero-order valence-electron chi connectivity index (χ0n) is 13.2. The summed E-state index contributed by atoms with van der Waals surface area (Å²) >= 11 is 0. The summed E-state index contributed by atoms with van der Waals surface area (Å²) < 4.78 is 113. The zero-order chi connectivity index (χ0) is 21.3. The molecule has 0 aliphatic carbocycles. The highest BCUT2D eigenvalue weighted by Gasteiger charge is 2.39. The number of pyridine rings is 1. The van der Waals surface area contributed by atoms with Crippen LogP contribution >= 0.6 is 0 Å². The number of hydrogen-bond acceptors (Lipinski definition) is 4. The van der Waals surface area contributed by atoms with Crippen LogP contribution in [0.4, 0.5) is 30.7 Å². The molecule has 0 fully saturated rings. The summed E-state index contributed by atoms with van der Waals surface area (Å²) in [6.07, 6.45) is -10.6. The molecule has 14 heteroatoms. The van der Waals surface area contributed by atoms with Gasteiger partial charge in [-0.25, -0.2) is 17.8 Å². The molecule has 0 saturated heterocycles. The third-order valence-electron chi connectivity index (χ3n) is 3.09. The smallest absolute Gasteiger partial charge is 0.273 e.